The number of carbonyl (C=O) groups excluding carboxylic acids is 2. The third kappa shape index (κ3) is 10.8. The lowest BCUT2D eigenvalue weighted by Gasteiger charge is -2.35. The second kappa shape index (κ2) is 17.4. The lowest BCUT2D eigenvalue weighted by molar-refractivity contribution is -0.137. The van der Waals surface area contributed by atoms with Crippen LogP contribution in [0.3, 0.4) is 0 Å². The molecule has 3 aromatic rings. The number of anilines is 2. The molecule has 0 spiro atoms. The van der Waals surface area contributed by atoms with Crippen LogP contribution in [0, 0.1) is 11.7 Å². The van der Waals surface area contributed by atoms with Crippen LogP contribution in [0.1, 0.15) is 56.0 Å². The number of likely N-dealkylation sites (N-methyl/N-ethyl adjacent to an activating group) is 1. The van der Waals surface area contributed by atoms with Crippen LogP contribution in [0.15, 0.2) is 71.6 Å². The molecule has 0 aromatic heterocycles. The summed E-state index contributed by atoms with van der Waals surface area (Å²) in [5.74, 6) is -1.35. The summed E-state index contributed by atoms with van der Waals surface area (Å²) >= 11 is 0. The van der Waals surface area contributed by atoms with E-state index in [0.717, 1.165) is 48.5 Å². The Morgan fingerprint density at radius 2 is 1.69 bits per heavy atom. The van der Waals surface area contributed by atoms with Crippen molar-refractivity contribution >= 4 is 33.3 Å². The standard InChI is InChI=1S/C36H44F4N4O7S/c1-23-20-44(24(2)22-45)34(46)31-19-29(42-52(48,49)30-15-10-27(37)11-16-30)14-17-32(31)51-25(3)7-5-6-18-50-33(23)21-43(4)35(47)41-28-12-8-26(9-13-28)36(38,39)40/h8-17,19,23-25,33,42,45H,5-7,18,20-22H2,1-4H3,(H,41,47)/t23-,24-,25+,33+/m0/s1. The monoisotopic (exact) mass is 752 g/mol. The van der Waals surface area contributed by atoms with Crippen molar-refractivity contribution in [3.05, 3.63) is 83.7 Å². The van der Waals surface area contributed by atoms with Gasteiger partial charge < -0.3 is 29.7 Å². The Morgan fingerprint density at radius 3 is 2.33 bits per heavy atom. The molecule has 0 aliphatic carbocycles. The molecule has 3 aromatic carbocycles. The van der Waals surface area contributed by atoms with Gasteiger partial charge in [0.2, 0.25) is 0 Å². The number of carbonyl (C=O) groups is 2. The first-order chi connectivity index (χ1) is 24.5. The largest absolute Gasteiger partial charge is 0.490 e. The molecular formula is C36H44F4N4O7S. The van der Waals surface area contributed by atoms with Gasteiger partial charge in [-0.05, 0) is 99.8 Å². The van der Waals surface area contributed by atoms with Gasteiger partial charge in [-0.1, -0.05) is 6.92 Å². The van der Waals surface area contributed by atoms with E-state index in [9.17, 15) is 40.7 Å². The average molecular weight is 753 g/mol. The van der Waals surface area contributed by atoms with Gasteiger partial charge in [-0.3, -0.25) is 9.52 Å². The Bertz CT molecular complexity index is 1780. The van der Waals surface area contributed by atoms with E-state index in [1.807, 2.05) is 13.8 Å². The predicted molar refractivity (Wildman–Crippen MR) is 187 cm³/mol. The Labute approximate surface area is 300 Å². The van der Waals surface area contributed by atoms with Crippen molar-refractivity contribution in [2.24, 2.45) is 5.92 Å². The van der Waals surface area contributed by atoms with Crippen LogP contribution in [-0.2, 0) is 20.9 Å². The van der Waals surface area contributed by atoms with Crippen LogP contribution in [0.5, 0.6) is 5.75 Å². The number of alkyl halides is 3. The van der Waals surface area contributed by atoms with Gasteiger partial charge >= 0.3 is 12.2 Å². The number of aliphatic hydroxyl groups is 1. The van der Waals surface area contributed by atoms with Crippen molar-refractivity contribution < 1.29 is 50.1 Å². The summed E-state index contributed by atoms with van der Waals surface area (Å²) in [5, 5.41) is 12.8. The number of ether oxygens (including phenoxy) is 2. The van der Waals surface area contributed by atoms with E-state index in [1.165, 1.54) is 35.0 Å². The van der Waals surface area contributed by atoms with Gasteiger partial charge in [0.15, 0.2) is 0 Å². The second-order valence-corrected chi connectivity index (χ2v) is 14.6. The Morgan fingerprint density at radius 1 is 1.04 bits per heavy atom. The zero-order valence-corrected chi connectivity index (χ0v) is 30.1. The number of aliphatic hydroxyl groups excluding tert-OH is 1. The molecule has 16 heteroatoms. The van der Waals surface area contributed by atoms with Crippen molar-refractivity contribution in [1.29, 1.82) is 0 Å². The van der Waals surface area contributed by atoms with E-state index >= 15 is 0 Å². The third-order valence-electron chi connectivity index (χ3n) is 8.69. The van der Waals surface area contributed by atoms with Crippen LogP contribution in [-0.4, -0.2) is 86.9 Å². The highest BCUT2D eigenvalue weighted by atomic mass is 32.2. The topological polar surface area (TPSA) is 138 Å². The van der Waals surface area contributed by atoms with Crippen molar-refractivity contribution in [3.8, 4) is 5.75 Å². The maximum atomic E-state index is 14.3. The first-order valence-corrected chi connectivity index (χ1v) is 18.3. The number of nitrogens with zero attached hydrogens (tertiary/aromatic N) is 2. The van der Waals surface area contributed by atoms with Gasteiger partial charge in [0.05, 0.1) is 40.9 Å². The number of amides is 3. The van der Waals surface area contributed by atoms with Gasteiger partial charge in [-0.25, -0.2) is 17.6 Å². The summed E-state index contributed by atoms with van der Waals surface area (Å²) in [6.07, 6.45) is -3.49. The van der Waals surface area contributed by atoms with E-state index in [-0.39, 0.29) is 46.8 Å². The van der Waals surface area contributed by atoms with Crippen LogP contribution < -0.4 is 14.8 Å². The molecule has 0 bridgehead atoms. The van der Waals surface area contributed by atoms with Gasteiger partial charge in [0.1, 0.15) is 11.6 Å². The smallest absolute Gasteiger partial charge is 0.416 e. The number of benzene rings is 3. The molecular weight excluding hydrogens is 708 g/mol. The van der Waals surface area contributed by atoms with Crippen molar-refractivity contribution in [1.82, 2.24) is 9.80 Å². The number of nitrogens with one attached hydrogen (secondary N) is 2. The summed E-state index contributed by atoms with van der Waals surface area (Å²) in [5.41, 5.74) is -0.572. The summed E-state index contributed by atoms with van der Waals surface area (Å²) in [6.45, 7) is 5.38. The second-order valence-electron chi connectivity index (χ2n) is 13.0. The Hall–Kier alpha value is -4.41. The average Bonchev–Trinajstić information content (AvgIpc) is 3.09. The van der Waals surface area contributed by atoms with Crippen LogP contribution in [0.2, 0.25) is 0 Å². The Kier molecular flexibility index (Phi) is 13.5. The predicted octanol–water partition coefficient (Wildman–Crippen LogP) is 6.60. The van der Waals surface area contributed by atoms with Crippen molar-refractivity contribution in [2.45, 2.75) is 69.4 Å². The lowest BCUT2D eigenvalue weighted by atomic mass is 10.0. The zero-order chi connectivity index (χ0) is 38.2. The first-order valence-electron chi connectivity index (χ1n) is 16.8. The van der Waals surface area contributed by atoms with Crippen LogP contribution in [0.25, 0.3) is 0 Å². The quantitative estimate of drug-likeness (QED) is 0.221. The van der Waals surface area contributed by atoms with Crippen LogP contribution >= 0.6 is 0 Å². The normalized spacial score (nSPS) is 19.8. The third-order valence-corrected chi connectivity index (χ3v) is 10.1. The fraction of sp³-hybridized carbons (Fsp3) is 0.444. The van der Waals surface area contributed by atoms with Gasteiger partial charge in [-0.2, -0.15) is 13.2 Å². The highest BCUT2D eigenvalue weighted by Gasteiger charge is 2.32. The maximum absolute atomic E-state index is 14.3. The number of halogens is 4. The zero-order valence-electron chi connectivity index (χ0n) is 29.3. The molecule has 3 N–H and O–H groups in total. The molecule has 1 heterocycles. The highest BCUT2D eigenvalue weighted by molar-refractivity contribution is 7.92. The molecule has 4 rings (SSSR count). The maximum Gasteiger partial charge on any atom is 0.416 e. The number of hydrogen-bond acceptors (Lipinski definition) is 7. The van der Waals surface area contributed by atoms with Gasteiger partial charge in [-0.15, -0.1) is 0 Å². The molecule has 0 unspecified atom stereocenters. The SMILES string of the molecule is C[C@@H]1CCCCO[C@H](CN(C)C(=O)Nc2ccc(C(F)(F)F)cc2)[C@@H](C)CN([C@@H](C)CO)C(=O)c2cc(NS(=O)(=O)c3ccc(F)cc3)ccc2O1. The minimum Gasteiger partial charge on any atom is -0.490 e. The molecule has 1 aliphatic rings. The molecule has 11 nitrogen and oxygen atoms in total. The number of sulfonamides is 1. The van der Waals surface area contributed by atoms with Crippen molar-refractivity contribution in [3.63, 3.8) is 0 Å². The fourth-order valence-electron chi connectivity index (χ4n) is 5.59. The fourth-order valence-corrected chi connectivity index (χ4v) is 6.64. The number of hydrogen-bond donors (Lipinski definition) is 3. The molecule has 4 atom stereocenters. The van der Waals surface area contributed by atoms with Gasteiger partial charge in [0.25, 0.3) is 15.9 Å². The molecule has 0 saturated heterocycles. The summed E-state index contributed by atoms with van der Waals surface area (Å²) in [6, 6.07) is 11.4. The first kappa shape index (κ1) is 40.4. The van der Waals surface area contributed by atoms with E-state index in [0.29, 0.717) is 25.9 Å². The molecule has 0 fully saturated rings. The van der Waals surface area contributed by atoms with Crippen LogP contribution in [0.4, 0.5) is 33.7 Å². The highest BCUT2D eigenvalue weighted by Crippen LogP contribution is 2.31. The lowest BCUT2D eigenvalue weighted by Crippen LogP contribution is -2.48. The molecule has 52 heavy (non-hydrogen) atoms. The van der Waals surface area contributed by atoms with E-state index < -0.39 is 64.2 Å². The minimum absolute atomic E-state index is 0.0428. The number of rotatable bonds is 8. The molecule has 1 aliphatic heterocycles. The van der Waals surface area contributed by atoms with Gasteiger partial charge in [0, 0.05) is 44.0 Å². The van der Waals surface area contributed by atoms with E-state index in [4.69, 9.17) is 9.47 Å². The molecule has 0 saturated carbocycles. The number of urea groups is 1. The minimum atomic E-state index is -4.51. The molecule has 284 valence electrons. The molecule has 0 radical (unpaired) electrons. The van der Waals surface area contributed by atoms with Crippen molar-refractivity contribution in [2.75, 3.05) is 43.4 Å². The Balaban J connectivity index is 1.59. The summed E-state index contributed by atoms with van der Waals surface area (Å²) in [4.78, 5) is 30.0. The van der Waals surface area contributed by atoms with E-state index in [2.05, 4.69) is 10.0 Å². The summed E-state index contributed by atoms with van der Waals surface area (Å²) < 4.78 is 93.5. The number of fused-ring (bicyclic) bond motifs is 1. The van der Waals surface area contributed by atoms with E-state index in [1.54, 1.807) is 6.92 Å². The molecule has 3 amide bonds. The summed E-state index contributed by atoms with van der Waals surface area (Å²) in [7, 11) is -2.63.